The molecule has 108 valence electrons. The number of H-pyrrole nitrogens is 1. The summed E-state index contributed by atoms with van der Waals surface area (Å²) in [5, 5.41) is 14.8. The maximum atomic E-state index is 4.25. The molecule has 3 rings (SSSR count). The van der Waals surface area contributed by atoms with Crippen LogP contribution in [0.1, 0.15) is 11.4 Å². The lowest BCUT2D eigenvalue weighted by Gasteiger charge is -2.04. The van der Waals surface area contributed by atoms with Crippen molar-refractivity contribution in [1.82, 2.24) is 35.3 Å². The van der Waals surface area contributed by atoms with Crippen LogP contribution in [0, 0.1) is 0 Å². The van der Waals surface area contributed by atoms with E-state index in [0.717, 1.165) is 42.2 Å². The van der Waals surface area contributed by atoms with E-state index in [2.05, 4.69) is 30.6 Å². The molecule has 21 heavy (non-hydrogen) atoms. The van der Waals surface area contributed by atoms with Gasteiger partial charge < -0.3 is 5.32 Å². The van der Waals surface area contributed by atoms with E-state index in [9.17, 15) is 0 Å². The van der Waals surface area contributed by atoms with Crippen molar-refractivity contribution in [3.63, 3.8) is 0 Å². The SMILES string of the molecule is Cn1cnc(CCNCc2cn[nH]c2-c2cccnc2)n1. The fourth-order valence-corrected chi connectivity index (χ4v) is 2.13. The Morgan fingerprint density at radius 2 is 2.29 bits per heavy atom. The molecule has 0 aromatic carbocycles. The third kappa shape index (κ3) is 3.32. The van der Waals surface area contributed by atoms with Crippen molar-refractivity contribution in [2.45, 2.75) is 13.0 Å². The number of nitrogens with one attached hydrogen (secondary N) is 2. The maximum Gasteiger partial charge on any atom is 0.151 e. The van der Waals surface area contributed by atoms with E-state index in [4.69, 9.17) is 0 Å². The number of aromatic nitrogens is 6. The van der Waals surface area contributed by atoms with Gasteiger partial charge in [-0.05, 0) is 12.1 Å². The largest absolute Gasteiger partial charge is 0.312 e. The quantitative estimate of drug-likeness (QED) is 0.658. The van der Waals surface area contributed by atoms with E-state index in [1.165, 1.54) is 0 Å². The number of rotatable bonds is 6. The number of aryl methyl sites for hydroxylation is 1. The minimum Gasteiger partial charge on any atom is -0.312 e. The molecule has 3 aromatic heterocycles. The third-order valence-electron chi connectivity index (χ3n) is 3.16. The van der Waals surface area contributed by atoms with Crippen LogP contribution >= 0.6 is 0 Å². The van der Waals surface area contributed by atoms with Gasteiger partial charge in [-0.15, -0.1) is 0 Å². The Labute approximate surface area is 122 Å². The number of aromatic amines is 1. The second-order valence-corrected chi connectivity index (χ2v) is 4.77. The summed E-state index contributed by atoms with van der Waals surface area (Å²) in [7, 11) is 1.87. The highest BCUT2D eigenvalue weighted by Crippen LogP contribution is 2.19. The van der Waals surface area contributed by atoms with Crippen LogP contribution in [0.3, 0.4) is 0 Å². The molecule has 0 aliphatic rings. The Hall–Kier alpha value is -2.54. The van der Waals surface area contributed by atoms with Crippen LogP contribution in [0.5, 0.6) is 0 Å². The highest BCUT2D eigenvalue weighted by atomic mass is 15.3. The highest BCUT2D eigenvalue weighted by Gasteiger charge is 2.07. The Kier molecular flexibility index (Phi) is 4.02. The Morgan fingerprint density at radius 1 is 1.33 bits per heavy atom. The monoisotopic (exact) mass is 283 g/mol. The van der Waals surface area contributed by atoms with Gasteiger partial charge >= 0.3 is 0 Å². The van der Waals surface area contributed by atoms with Gasteiger partial charge in [-0.2, -0.15) is 10.2 Å². The van der Waals surface area contributed by atoms with E-state index >= 15 is 0 Å². The summed E-state index contributed by atoms with van der Waals surface area (Å²) < 4.78 is 1.71. The van der Waals surface area contributed by atoms with Crippen LogP contribution in [-0.4, -0.2) is 36.5 Å². The first-order valence-corrected chi connectivity index (χ1v) is 6.81. The first kappa shape index (κ1) is 13.4. The van der Waals surface area contributed by atoms with Crippen molar-refractivity contribution < 1.29 is 0 Å². The fourth-order valence-electron chi connectivity index (χ4n) is 2.13. The molecule has 0 aliphatic heterocycles. The van der Waals surface area contributed by atoms with Crippen molar-refractivity contribution in [3.05, 3.63) is 48.4 Å². The molecule has 0 fully saturated rings. The molecule has 3 aromatic rings. The highest BCUT2D eigenvalue weighted by molar-refractivity contribution is 5.61. The van der Waals surface area contributed by atoms with E-state index in [0.29, 0.717) is 0 Å². The molecule has 0 saturated carbocycles. The lowest BCUT2D eigenvalue weighted by molar-refractivity contribution is 0.662. The van der Waals surface area contributed by atoms with E-state index in [-0.39, 0.29) is 0 Å². The molecule has 0 saturated heterocycles. The fraction of sp³-hybridized carbons (Fsp3) is 0.286. The molecule has 0 bridgehead atoms. The van der Waals surface area contributed by atoms with Gasteiger partial charge in [-0.25, -0.2) is 4.98 Å². The Morgan fingerprint density at radius 3 is 3.05 bits per heavy atom. The molecule has 0 atom stereocenters. The molecule has 0 spiro atoms. The first-order chi connectivity index (χ1) is 10.3. The molecular formula is C14H17N7. The predicted molar refractivity (Wildman–Crippen MR) is 78.2 cm³/mol. The van der Waals surface area contributed by atoms with Crippen LogP contribution in [0.25, 0.3) is 11.3 Å². The summed E-state index contributed by atoms with van der Waals surface area (Å²) in [6, 6.07) is 3.93. The van der Waals surface area contributed by atoms with Crippen molar-refractivity contribution >= 4 is 0 Å². The smallest absolute Gasteiger partial charge is 0.151 e. The lowest BCUT2D eigenvalue weighted by Crippen LogP contribution is -2.17. The molecule has 7 nitrogen and oxygen atoms in total. The van der Waals surface area contributed by atoms with Gasteiger partial charge in [-0.3, -0.25) is 14.8 Å². The molecule has 3 heterocycles. The van der Waals surface area contributed by atoms with Crippen LogP contribution < -0.4 is 5.32 Å². The van der Waals surface area contributed by atoms with Gasteiger partial charge in [0.1, 0.15) is 6.33 Å². The van der Waals surface area contributed by atoms with Gasteiger partial charge in [0, 0.05) is 50.1 Å². The maximum absolute atomic E-state index is 4.25. The van der Waals surface area contributed by atoms with Gasteiger partial charge in [0.2, 0.25) is 0 Å². The summed E-state index contributed by atoms with van der Waals surface area (Å²) in [5.74, 6) is 0.852. The molecule has 0 amide bonds. The van der Waals surface area contributed by atoms with E-state index in [1.54, 1.807) is 17.2 Å². The van der Waals surface area contributed by atoms with Crippen LogP contribution in [0.2, 0.25) is 0 Å². The average Bonchev–Trinajstić information content (AvgIpc) is 3.13. The molecule has 0 radical (unpaired) electrons. The molecule has 0 unspecified atom stereocenters. The van der Waals surface area contributed by atoms with E-state index < -0.39 is 0 Å². The predicted octanol–water partition coefficient (Wildman–Crippen LogP) is 0.932. The zero-order valence-corrected chi connectivity index (χ0v) is 11.8. The van der Waals surface area contributed by atoms with Crippen LogP contribution in [0.15, 0.2) is 37.1 Å². The zero-order chi connectivity index (χ0) is 14.5. The van der Waals surface area contributed by atoms with Crippen LogP contribution in [0.4, 0.5) is 0 Å². The second kappa shape index (κ2) is 6.27. The number of hydrogen-bond donors (Lipinski definition) is 2. The van der Waals surface area contributed by atoms with Gasteiger partial charge in [0.15, 0.2) is 5.82 Å². The molecule has 2 N–H and O–H groups in total. The number of pyridine rings is 1. The van der Waals surface area contributed by atoms with Gasteiger partial charge in [0.25, 0.3) is 0 Å². The van der Waals surface area contributed by atoms with Crippen molar-refractivity contribution in [2.24, 2.45) is 7.05 Å². The standard InChI is InChI=1S/C14H17N7/c1-21-10-17-13(20-21)4-6-16-8-12-9-18-19-14(12)11-3-2-5-15-7-11/h2-3,5,7,9-10,16H,4,6,8H2,1H3,(H,18,19). The summed E-state index contributed by atoms with van der Waals surface area (Å²) in [6.45, 7) is 1.56. The zero-order valence-electron chi connectivity index (χ0n) is 11.8. The van der Waals surface area contributed by atoms with Crippen molar-refractivity contribution in [3.8, 4) is 11.3 Å². The summed E-state index contributed by atoms with van der Waals surface area (Å²) in [6.07, 6.45) is 7.95. The summed E-state index contributed by atoms with van der Waals surface area (Å²) in [4.78, 5) is 8.33. The first-order valence-electron chi connectivity index (χ1n) is 6.81. The number of nitrogens with zero attached hydrogens (tertiary/aromatic N) is 5. The van der Waals surface area contributed by atoms with Gasteiger partial charge in [-0.1, -0.05) is 0 Å². The normalized spacial score (nSPS) is 10.9. The average molecular weight is 283 g/mol. The second-order valence-electron chi connectivity index (χ2n) is 4.77. The molecule has 7 heteroatoms. The molecule has 0 aliphatic carbocycles. The minimum atomic E-state index is 0.744. The Balaban J connectivity index is 1.55. The van der Waals surface area contributed by atoms with Crippen molar-refractivity contribution in [1.29, 1.82) is 0 Å². The summed E-state index contributed by atoms with van der Waals surface area (Å²) in [5.41, 5.74) is 3.17. The van der Waals surface area contributed by atoms with E-state index in [1.807, 2.05) is 31.6 Å². The number of hydrogen-bond acceptors (Lipinski definition) is 5. The third-order valence-corrected chi connectivity index (χ3v) is 3.16. The summed E-state index contributed by atoms with van der Waals surface area (Å²) >= 11 is 0. The Bertz CT molecular complexity index is 686. The lowest BCUT2D eigenvalue weighted by atomic mass is 10.1. The topological polar surface area (TPSA) is 84.3 Å². The van der Waals surface area contributed by atoms with Gasteiger partial charge in [0.05, 0.1) is 11.9 Å². The van der Waals surface area contributed by atoms with Crippen molar-refractivity contribution in [2.75, 3.05) is 6.54 Å². The van der Waals surface area contributed by atoms with Crippen LogP contribution in [-0.2, 0) is 20.0 Å². The molecular weight excluding hydrogens is 266 g/mol. The minimum absolute atomic E-state index is 0.744.